The molecule has 0 aliphatic rings. The minimum atomic E-state index is -0.551. The van der Waals surface area contributed by atoms with Gasteiger partial charge in [-0.1, -0.05) is 36.7 Å². The second-order valence-electron chi connectivity index (χ2n) is 4.88. The maximum Gasteiger partial charge on any atom is 0.337 e. The van der Waals surface area contributed by atoms with E-state index in [9.17, 15) is 9.59 Å². The average molecular weight is 333 g/mol. The van der Waals surface area contributed by atoms with Crippen molar-refractivity contribution in [3.63, 3.8) is 0 Å². The molecule has 6 nitrogen and oxygen atoms in total. The van der Waals surface area contributed by atoms with Crippen molar-refractivity contribution in [2.45, 2.75) is 20.0 Å². The lowest BCUT2D eigenvalue weighted by Crippen LogP contribution is -2.15. The van der Waals surface area contributed by atoms with E-state index in [1.54, 1.807) is 12.1 Å². The molecule has 3 rings (SSSR count). The summed E-state index contributed by atoms with van der Waals surface area (Å²) in [6.45, 7) is 1.97. The number of fused-ring (bicyclic) bond motifs is 1. The summed E-state index contributed by atoms with van der Waals surface area (Å²) >= 11 is 6.04. The number of benzene rings is 1. The molecule has 0 aliphatic carbocycles. The lowest BCUT2D eigenvalue weighted by molar-refractivity contribution is 0.279. The Balaban J connectivity index is 1.98. The molecule has 2 aromatic heterocycles. The fourth-order valence-electron chi connectivity index (χ4n) is 2.24. The molecule has 0 amide bonds. The van der Waals surface area contributed by atoms with Crippen molar-refractivity contribution < 1.29 is 9.15 Å². The Hall–Kier alpha value is -2.60. The number of nitrogens with zero attached hydrogens (tertiary/aromatic N) is 1. The van der Waals surface area contributed by atoms with Crippen LogP contribution in [0.25, 0.3) is 11.1 Å². The van der Waals surface area contributed by atoms with E-state index in [0.29, 0.717) is 17.0 Å². The highest BCUT2D eigenvalue weighted by Crippen LogP contribution is 2.18. The van der Waals surface area contributed by atoms with Gasteiger partial charge in [-0.15, -0.1) is 0 Å². The number of aryl methyl sites for hydroxylation is 1. The number of ether oxygens (including phenoxy) is 1. The molecule has 0 saturated heterocycles. The van der Waals surface area contributed by atoms with Crippen molar-refractivity contribution >= 4 is 22.7 Å². The molecule has 118 valence electrons. The zero-order chi connectivity index (χ0) is 16.4. The van der Waals surface area contributed by atoms with Crippen LogP contribution < -0.4 is 15.9 Å². The van der Waals surface area contributed by atoms with Gasteiger partial charge in [0.15, 0.2) is 0 Å². The Kier molecular flexibility index (Phi) is 4.16. The van der Waals surface area contributed by atoms with Crippen LogP contribution in [0.5, 0.6) is 6.01 Å². The number of rotatable bonds is 4. The Labute approximate surface area is 135 Å². The first-order chi connectivity index (χ1) is 11.1. The van der Waals surface area contributed by atoms with Crippen molar-refractivity contribution in [2.75, 3.05) is 0 Å². The molecule has 0 spiro atoms. The van der Waals surface area contributed by atoms with E-state index in [2.05, 4.69) is 9.97 Å². The topological polar surface area (TPSA) is 85.2 Å². The van der Waals surface area contributed by atoms with Gasteiger partial charge in [0.2, 0.25) is 5.71 Å². The van der Waals surface area contributed by atoms with Crippen LogP contribution in [0.3, 0.4) is 0 Å². The van der Waals surface area contributed by atoms with Crippen LogP contribution in [0.15, 0.2) is 44.3 Å². The molecule has 1 N–H and O–H groups in total. The quantitative estimate of drug-likeness (QED) is 0.794. The largest absolute Gasteiger partial charge is 0.460 e. The number of aromatic nitrogens is 2. The predicted octanol–water partition coefficient (Wildman–Crippen LogP) is 2.67. The second-order valence-corrected chi connectivity index (χ2v) is 5.28. The minimum absolute atomic E-state index is 0.0289. The van der Waals surface area contributed by atoms with Crippen molar-refractivity contribution in [3.8, 4) is 6.01 Å². The molecule has 3 aromatic rings. The minimum Gasteiger partial charge on any atom is -0.460 e. The molecule has 0 saturated carbocycles. The summed E-state index contributed by atoms with van der Waals surface area (Å²) in [6, 6.07) is 8.44. The molecule has 0 bridgehead atoms. The van der Waals surface area contributed by atoms with Gasteiger partial charge in [-0.25, -0.2) is 4.79 Å². The van der Waals surface area contributed by atoms with Gasteiger partial charge in [0.1, 0.15) is 12.0 Å². The highest BCUT2D eigenvalue weighted by Gasteiger charge is 2.12. The first-order valence-electron chi connectivity index (χ1n) is 7.01. The third kappa shape index (κ3) is 3.12. The highest BCUT2D eigenvalue weighted by atomic mass is 35.5. The van der Waals surface area contributed by atoms with E-state index in [1.165, 1.54) is 6.07 Å². The number of nitrogens with one attached hydrogen (secondary N) is 1. The zero-order valence-electron chi connectivity index (χ0n) is 12.3. The van der Waals surface area contributed by atoms with E-state index in [-0.39, 0.29) is 23.7 Å². The smallest absolute Gasteiger partial charge is 0.337 e. The Morgan fingerprint density at radius 2 is 2.04 bits per heavy atom. The van der Waals surface area contributed by atoms with Gasteiger partial charge in [-0.3, -0.25) is 9.78 Å². The number of aromatic amines is 1. The average Bonchev–Trinajstić information content (AvgIpc) is 2.52. The van der Waals surface area contributed by atoms with Gasteiger partial charge < -0.3 is 9.15 Å². The molecule has 0 aliphatic heterocycles. The molecule has 2 heterocycles. The number of H-pyrrole nitrogens is 1. The van der Waals surface area contributed by atoms with Crippen molar-refractivity contribution in [1.29, 1.82) is 0 Å². The van der Waals surface area contributed by atoms with Gasteiger partial charge in [0.25, 0.3) is 11.6 Å². The van der Waals surface area contributed by atoms with E-state index < -0.39 is 11.2 Å². The van der Waals surface area contributed by atoms with Crippen LogP contribution in [0.2, 0.25) is 5.02 Å². The predicted molar refractivity (Wildman–Crippen MR) is 86.1 cm³/mol. The fraction of sp³-hybridized carbons (Fsp3) is 0.188. The van der Waals surface area contributed by atoms with Crippen LogP contribution in [0, 0.1) is 0 Å². The maximum atomic E-state index is 12.2. The molecule has 7 heteroatoms. The van der Waals surface area contributed by atoms with Crippen LogP contribution in [-0.4, -0.2) is 9.97 Å². The second kappa shape index (κ2) is 6.26. The molecular weight excluding hydrogens is 320 g/mol. The molecular formula is C16H13ClN2O4. The molecule has 0 fully saturated rings. The van der Waals surface area contributed by atoms with Gasteiger partial charge in [0, 0.05) is 16.7 Å². The third-order valence-electron chi connectivity index (χ3n) is 3.38. The molecule has 0 atom stereocenters. The standard InChI is InChI=1S/C16H13ClN2O4/c1-2-9-7-12(20)23-15-13(9)14(21)18-16(19-15)22-8-10-5-3-4-6-11(10)17/h3-7H,2,8H2,1H3,(H,18,19,21). The first-order valence-corrected chi connectivity index (χ1v) is 7.39. The Bertz CT molecular complexity index is 978. The van der Waals surface area contributed by atoms with Gasteiger partial charge >= 0.3 is 5.63 Å². The van der Waals surface area contributed by atoms with Crippen LogP contribution >= 0.6 is 11.6 Å². The van der Waals surface area contributed by atoms with Crippen molar-refractivity contribution in [1.82, 2.24) is 9.97 Å². The zero-order valence-corrected chi connectivity index (χ0v) is 13.0. The highest BCUT2D eigenvalue weighted by molar-refractivity contribution is 6.31. The summed E-state index contributed by atoms with van der Waals surface area (Å²) in [4.78, 5) is 30.3. The number of halogens is 1. The SMILES string of the molecule is CCc1cc(=O)oc2nc(OCc3ccccc3Cl)[nH]c(=O)c12. The van der Waals surface area contributed by atoms with Crippen LogP contribution in [0.4, 0.5) is 0 Å². The number of hydrogen-bond donors (Lipinski definition) is 1. The normalized spacial score (nSPS) is 10.9. The molecule has 0 unspecified atom stereocenters. The molecule has 23 heavy (non-hydrogen) atoms. The summed E-state index contributed by atoms with van der Waals surface area (Å²) in [5.74, 6) is 0. The van der Waals surface area contributed by atoms with Crippen LogP contribution in [-0.2, 0) is 13.0 Å². The fourth-order valence-corrected chi connectivity index (χ4v) is 2.43. The lowest BCUT2D eigenvalue weighted by Gasteiger charge is -2.07. The van der Waals surface area contributed by atoms with E-state index in [0.717, 1.165) is 5.56 Å². The third-order valence-corrected chi connectivity index (χ3v) is 3.75. The summed E-state index contributed by atoms with van der Waals surface area (Å²) < 4.78 is 10.5. The Morgan fingerprint density at radius 3 is 2.78 bits per heavy atom. The summed E-state index contributed by atoms with van der Waals surface area (Å²) in [7, 11) is 0. The maximum absolute atomic E-state index is 12.2. The lowest BCUT2D eigenvalue weighted by atomic mass is 10.1. The van der Waals surface area contributed by atoms with Gasteiger partial charge in [-0.05, 0) is 18.1 Å². The van der Waals surface area contributed by atoms with E-state index in [4.69, 9.17) is 20.8 Å². The summed E-state index contributed by atoms with van der Waals surface area (Å²) in [5, 5.41) is 0.813. The molecule has 0 radical (unpaired) electrons. The number of hydrogen-bond acceptors (Lipinski definition) is 5. The summed E-state index contributed by atoms with van der Waals surface area (Å²) in [5.41, 5.74) is 0.338. The van der Waals surface area contributed by atoms with Gasteiger partial charge in [-0.2, -0.15) is 4.98 Å². The van der Waals surface area contributed by atoms with Crippen molar-refractivity contribution in [3.05, 3.63) is 67.3 Å². The summed E-state index contributed by atoms with van der Waals surface area (Å²) in [6.07, 6.45) is 0.521. The van der Waals surface area contributed by atoms with Crippen molar-refractivity contribution in [2.24, 2.45) is 0 Å². The first kappa shape index (κ1) is 15.3. The molecule has 1 aromatic carbocycles. The van der Waals surface area contributed by atoms with E-state index in [1.807, 2.05) is 19.1 Å². The monoisotopic (exact) mass is 332 g/mol. The van der Waals surface area contributed by atoms with Crippen LogP contribution in [0.1, 0.15) is 18.1 Å². The Morgan fingerprint density at radius 1 is 1.26 bits per heavy atom. The van der Waals surface area contributed by atoms with Gasteiger partial charge in [0.05, 0.1) is 0 Å². The van der Waals surface area contributed by atoms with E-state index >= 15 is 0 Å².